The standard InChI is InChI=1S/C22H25N3O3S2/c1-15-7-5-6-11-24(15)19(26)14-30-22-23-17-10-12-29-20(17)21(27)25(22)13-16-8-3-4-9-18(16)28-2/h3-4,8-10,12,15H,5-7,11,13-14H2,1-2H3/t15-/m0/s1. The van der Waals surface area contributed by atoms with Gasteiger partial charge in [0, 0.05) is 18.2 Å². The highest BCUT2D eigenvalue weighted by Crippen LogP contribution is 2.25. The van der Waals surface area contributed by atoms with E-state index in [1.165, 1.54) is 29.5 Å². The number of fused-ring (bicyclic) bond motifs is 1. The molecule has 0 radical (unpaired) electrons. The number of aromatic nitrogens is 2. The van der Waals surface area contributed by atoms with Gasteiger partial charge in [-0.1, -0.05) is 30.0 Å². The van der Waals surface area contributed by atoms with E-state index in [4.69, 9.17) is 9.72 Å². The molecule has 0 bridgehead atoms. The lowest BCUT2D eigenvalue weighted by molar-refractivity contribution is -0.131. The van der Waals surface area contributed by atoms with Crippen LogP contribution < -0.4 is 10.3 Å². The lowest BCUT2D eigenvalue weighted by Gasteiger charge is -2.33. The molecule has 4 rings (SSSR count). The van der Waals surface area contributed by atoms with Gasteiger partial charge in [-0.25, -0.2) is 4.98 Å². The SMILES string of the molecule is COc1ccccc1Cn1c(SCC(=O)N2CCCC[C@@H]2C)nc2ccsc2c1=O. The van der Waals surface area contributed by atoms with Crippen LogP contribution in [0.25, 0.3) is 10.2 Å². The number of thioether (sulfide) groups is 1. The first kappa shape index (κ1) is 20.9. The summed E-state index contributed by atoms with van der Waals surface area (Å²) in [6.45, 7) is 3.26. The third kappa shape index (κ3) is 4.25. The summed E-state index contributed by atoms with van der Waals surface area (Å²) >= 11 is 2.73. The van der Waals surface area contributed by atoms with Crippen LogP contribution in [0.4, 0.5) is 0 Å². The fraction of sp³-hybridized carbons (Fsp3) is 0.409. The summed E-state index contributed by atoms with van der Waals surface area (Å²) in [5.74, 6) is 1.11. The van der Waals surface area contributed by atoms with Gasteiger partial charge in [0.05, 0.1) is 24.9 Å². The second-order valence-electron chi connectivity index (χ2n) is 7.45. The van der Waals surface area contributed by atoms with Crippen LogP contribution in [0.5, 0.6) is 5.75 Å². The molecule has 3 heterocycles. The maximum Gasteiger partial charge on any atom is 0.272 e. The van der Waals surface area contributed by atoms with Crippen molar-refractivity contribution in [3.63, 3.8) is 0 Å². The topological polar surface area (TPSA) is 64.4 Å². The molecule has 0 N–H and O–H groups in total. The number of carbonyl (C=O) groups is 1. The Bertz CT molecular complexity index is 1110. The minimum Gasteiger partial charge on any atom is -0.496 e. The number of hydrogen-bond donors (Lipinski definition) is 0. The molecule has 0 unspecified atom stereocenters. The number of piperidine rings is 1. The fourth-order valence-corrected chi connectivity index (χ4v) is 5.52. The summed E-state index contributed by atoms with van der Waals surface area (Å²) < 4.78 is 7.75. The predicted molar refractivity (Wildman–Crippen MR) is 122 cm³/mol. The van der Waals surface area contributed by atoms with Gasteiger partial charge in [0.1, 0.15) is 10.4 Å². The van der Waals surface area contributed by atoms with Crippen molar-refractivity contribution < 1.29 is 9.53 Å². The molecule has 3 aromatic rings. The quantitative estimate of drug-likeness (QED) is 0.425. The maximum atomic E-state index is 13.2. The van der Waals surface area contributed by atoms with Gasteiger partial charge in [-0.15, -0.1) is 11.3 Å². The van der Waals surface area contributed by atoms with Crippen molar-refractivity contribution >= 4 is 39.2 Å². The first-order valence-electron chi connectivity index (χ1n) is 10.1. The lowest BCUT2D eigenvalue weighted by atomic mass is 10.0. The van der Waals surface area contributed by atoms with Gasteiger partial charge in [-0.2, -0.15) is 0 Å². The zero-order chi connectivity index (χ0) is 21.1. The van der Waals surface area contributed by atoms with E-state index in [9.17, 15) is 9.59 Å². The van der Waals surface area contributed by atoms with Crippen LogP contribution in [0, 0.1) is 0 Å². The molecule has 1 saturated heterocycles. The number of thiophene rings is 1. The van der Waals surface area contributed by atoms with Crippen LogP contribution in [0.3, 0.4) is 0 Å². The Morgan fingerprint density at radius 1 is 1.30 bits per heavy atom. The number of nitrogens with zero attached hydrogens (tertiary/aromatic N) is 3. The molecule has 30 heavy (non-hydrogen) atoms. The summed E-state index contributed by atoms with van der Waals surface area (Å²) in [6.07, 6.45) is 3.28. The van der Waals surface area contributed by atoms with Crippen LogP contribution in [0.15, 0.2) is 45.7 Å². The third-order valence-corrected chi connectivity index (χ3v) is 7.35. The van der Waals surface area contributed by atoms with E-state index in [-0.39, 0.29) is 23.3 Å². The van der Waals surface area contributed by atoms with Gasteiger partial charge in [-0.05, 0) is 43.7 Å². The number of para-hydroxylation sites is 1. The van der Waals surface area contributed by atoms with Gasteiger partial charge in [0.2, 0.25) is 5.91 Å². The van der Waals surface area contributed by atoms with Gasteiger partial charge >= 0.3 is 0 Å². The third-order valence-electron chi connectivity index (χ3n) is 5.50. The van der Waals surface area contributed by atoms with E-state index in [0.717, 1.165) is 30.7 Å². The van der Waals surface area contributed by atoms with Crippen molar-refractivity contribution in [1.82, 2.24) is 14.5 Å². The highest BCUT2D eigenvalue weighted by atomic mass is 32.2. The van der Waals surface area contributed by atoms with Gasteiger partial charge < -0.3 is 9.64 Å². The van der Waals surface area contributed by atoms with Crippen LogP contribution in [-0.4, -0.2) is 45.8 Å². The zero-order valence-corrected chi connectivity index (χ0v) is 18.8. The average Bonchev–Trinajstić information content (AvgIpc) is 3.24. The summed E-state index contributed by atoms with van der Waals surface area (Å²) in [6, 6.07) is 9.78. The molecule has 1 amide bonds. The minimum atomic E-state index is -0.0813. The monoisotopic (exact) mass is 443 g/mol. The molecule has 1 aromatic carbocycles. The Morgan fingerprint density at radius 2 is 2.13 bits per heavy atom. The summed E-state index contributed by atoms with van der Waals surface area (Å²) in [4.78, 5) is 32.7. The Labute approximate surface area is 183 Å². The molecule has 8 heteroatoms. The normalized spacial score (nSPS) is 16.7. The van der Waals surface area contributed by atoms with Crippen LogP contribution in [0.1, 0.15) is 31.7 Å². The van der Waals surface area contributed by atoms with Gasteiger partial charge in [0.25, 0.3) is 5.56 Å². The highest BCUT2D eigenvalue weighted by Gasteiger charge is 2.24. The number of carbonyl (C=O) groups excluding carboxylic acids is 1. The number of likely N-dealkylation sites (tertiary alicyclic amines) is 1. The van der Waals surface area contributed by atoms with E-state index < -0.39 is 0 Å². The Hall–Kier alpha value is -2.32. The number of hydrogen-bond acceptors (Lipinski definition) is 6. The predicted octanol–water partition coefficient (Wildman–Crippen LogP) is 4.01. The minimum absolute atomic E-state index is 0.0813. The molecule has 6 nitrogen and oxygen atoms in total. The molecule has 1 fully saturated rings. The van der Waals surface area contributed by atoms with Gasteiger partial charge in [-0.3, -0.25) is 14.2 Å². The lowest BCUT2D eigenvalue weighted by Crippen LogP contribution is -2.43. The van der Waals surface area contributed by atoms with Crippen LogP contribution in [-0.2, 0) is 11.3 Å². The number of ether oxygens (including phenoxy) is 1. The average molecular weight is 444 g/mol. The largest absolute Gasteiger partial charge is 0.496 e. The van der Waals surface area contributed by atoms with Crippen molar-refractivity contribution in [2.24, 2.45) is 0 Å². The molecule has 1 aliphatic rings. The fourth-order valence-electron chi connectivity index (χ4n) is 3.85. The van der Waals surface area contributed by atoms with Crippen molar-refractivity contribution in [2.45, 2.75) is 43.9 Å². The summed E-state index contributed by atoms with van der Waals surface area (Å²) in [7, 11) is 1.62. The molecule has 158 valence electrons. The first-order chi connectivity index (χ1) is 14.6. The second kappa shape index (κ2) is 9.22. The van der Waals surface area contributed by atoms with E-state index in [0.29, 0.717) is 21.9 Å². The second-order valence-corrected chi connectivity index (χ2v) is 9.31. The van der Waals surface area contributed by atoms with Crippen LogP contribution in [0.2, 0.25) is 0 Å². The summed E-state index contributed by atoms with van der Waals surface area (Å²) in [5.41, 5.74) is 1.50. The van der Waals surface area contributed by atoms with E-state index >= 15 is 0 Å². The van der Waals surface area contributed by atoms with E-state index in [2.05, 4.69) is 6.92 Å². The molecule has 1 aliphatic heterocycles. The molecule has 0 spiro atoms. The van der Waals surface area contributed by atoms with E-state index in [1.54, 1.807) is 11.7 Å². The summed E-state index contributed by atoms with van der Waals surface area (Å²) in [5, 5.41) is 2.44. The van der Waals surface area contributed by atoms with Crippen molar-refractivity contribution in [3.8, 4) is 5.75 Å². The highest BCUT2D eigenvalue weighted by molar-refractivity contribution is 7.99. The van der Waals surface area contributed by atoms with Crippen LogP contribution >= 0.6 is 23.1 Å². The Kier molecular flexibility index (Phi) is 6.43. The first-order valence-corrected chi connectivity index (χ1v) is 12.0. The maximum absolute atomic E-state index is 13.2. The molecular formula is C22H25N3O3S2. The molecule has 2 aromatic heterocycles. The number of rotatable bonds is 6. The number of benzene rings is 1. The Morgan fingerprint density at radius 3 is 2.93 bits per heavy atom. The van der Waals surface area contributed by atoms with Gasteiger partial charge in [0.15, 0.2) is 5.16 Å². The smallest absolute Gasteiger partial charge is 0.272 e. The number of amides is 1. The van der Waals surface area contributed by atoms with Crippen molar-refractivity contribution in [3.05, 3.63) is 51.6 Å². The Balaban J connectivity index is 1.64. The molecular weight excluding hydrogens is 418 g/mol. The molecule has 1 atom stereocenters. The van der Waals surface area contributed by atoms with Crippen molar-refractivity contribution in [2.75, 3.05) is 19.4 Å². The van der Waals surface area contributed by atoms with Crippen molar-refractivity contribution in [1.29, 1.82) is 0 Å². The zero-order valence-electron chi connectivity index (χ0n) is 17.2. The number of methoxy groups -OCH3 is 1. The molecule has 0 saturated carbocycles. The molecule has 0 aliphatic carbocycles. The van der Waals surface area contributed by atoms with E-state index in [1.807, 2.05) is 40.6 Å².